The summed E-state index contributed by atoms with van der Waals surface area (Å²) in [4.78, 5) is 36.3. The Morgan fingerprint density at radius 2 is 1.41 bits per heavy atom. The van der Waals surface area contributed by atoms with E-state index in [9.17, 15) is 14.4 Å². The highest BCUT2D eigenvalue weighted by Crippen LogP contribution is 2.67. The molecular weight excluding hydrogens is 572 g/mol. The molecule has 9 atom stereocenters. The number of hydrogen-bond donors (Lipinski definition) is 2. The summed E-state index contributed by atoms with van der Waals surface area (Å²) in [5.74, 6) is 4.26. The van der Waals surface area contributed by atoms with E-state index in [-0.39, 0.29) is 18.3 Å². The predicted octanol–water partition coefficient (Wildman–Crippen LogP) is 10.9. The van der Waals surface area contributed by atoms with Gasteiger partial charge in [-0.05, 0) is 111 Å². The molecule has 0 amide bonds. The van der Waals surface area contributed by atoms with Crippen molar-refractivity contribution in [2.45, 2.75) is 169 Å². The molecule has 3 saturated carbocycles. The SMILES string of the molecule is CC(C)CCC[C@@H](C)[C@H]1CC[C@H]2[C@@H]3CC=C4C[C@@H](C(CCCCCCC(=O)O)CCCCCC(=O)O)CC(=O)[C@]4(C)[C@H]3CC[C@]12C. The first-order valence-electron chi connectivity index (χ1n) is 19.5. The van der Waals surface area contributed by atoms with Crippen molar-refractivity contribution in [1.82, 2.24) is 0 Å². The molecule has 3 fully saturated rings. The minimum atomic E-state index is -0.718. The van der Waals surface area contributed by atoms with Gasteiger partial charge in [0.25, 0.3) is 0 Å². The van der Waals surface area contributed by atoms with Gasteiger partial charge in [-0.15, -0.1) is 0 Å². The normalized spacial score (nSPS) is 33.6. The molecule has 0 bridgehead atoms. The molecule has 4 aliphatic rings. The first kappa shape index (κ1) is 37.2. The van der Waals surface area contributed by atoms with E-state index in [4.69, 9.17) is 10.2 Å². The Kier molecular flexibility index (Phi) is 13.4. The molecule has 0 aromatic heterocycles. The van der Waals surface area contributed by atoms with E-state index in [1.807, 2.05) is 0 Å². The molecule has 5 nitrogen and oxygen atoms in total. The summed E-state index contributed by atoms with van der Waals surface area (Å²) in [5, 5.41) is 18.0. The van der Waals surface area contributed by atoms with Crippen LogP contribution in [0.2, 0.25) is 0 Å². The zero-order valence-electron chi connectivity index (χ0n) is 30.2. The zero-order valence-corrected chi connectivity index (χ0v) is 30.2. The number of rotatable bonds is 19. The van der Waals surface area contributed by atoms with Crippen LogP contribution in [0.5, 0.6) is 0 Å². The molecule has 5 heteroatoms. The number of aliphatic carboxylic acids is 2. The topological polar surface area (TPSA) is 91.7 Å². The molecule has 0 aliphatic heterocycles. The average Bonchev–Trinajstić information content (AvgIpc) is 3.35. The Labute approximate surface area is 281 Å². The van der Waals surface area contributed by atoms with E-state index in [0.717, 1.165) is 94.3 Å². The number of hydrogen-bond acceptors (Lipinski definition) is 3. The van der Waals surface area contributed by atoms with E-state index in [0.29, 0.717) is 41.3 Å². The number of carbonyl (C=O) groups is 3. The van der Waals surface area contributed by atoms with Crippen molar-refractivity contribution in [3.8, 4) is 0 Å². The van der Waals surface area contributed by atoms with Crippen LogP contribution in [0.3, 0.4) is 0 Å². The van der Waals surface area contributed by atoms with Crippen LogP contribution in [-0.2, 0) is 14.4 Å². The Balaban J connectivity index is 1.41. The molecule has 0 aromatic rings. The monoisotopic (exact) mass is 641 g/mol. The third kappa shape index (κ3) is 8.68. The Bertz CT molecular complexity index is 1060. The molecule has 0 spiro atoms. The lowest BCUT2D eigenvalue weighted by Crippen LogP contribution is -2.54. The van der Waals surface area contributed by atoms with Crippen LogP contribution in [0.1, 0.15) is 169 Å². The fourth-order valence-corrected chi connectivity index (χ4v) is 11.4. The lowest BCUT2D eigenvalue weighted by atomic mass is 9.46. The number of carboxylic acid groups (broad SMARTS) is 2. The van der Waals surface area contributed by atoms with Gasteiger partial charge >= 0.3 is 11.9 Å². The maximum absolute atomic E-state index is 14.4. The summed E-state index contributed by atoms with van der Waals surface area (Å²) in [6, 6.07) is 0. The Hall–Kier alpha value is -1.65. The van der Waals surface area contributed by atoms with Crippen LogP contribution in [0.4, 0.5) is 0 Å². The number of carbonyl (C=O) groups excluding carboxylic acids is 1. The first-order valence-corrected chi connectivity index (χ1v) is 19.5. The van der Waals surface area contributed by atoms with E-state index in [1.54, 1.807) is 0 Å². The molecule has 0 heterocycles. The molecule has 0 aromatic carbocycles. The lowest BCUT2D eigenvalue weighted by Gasteiger charge is -2.58. The van der Waals surface area contributed by atoms with Crippen molar-refractivity contribution >= 4 is 17.7 Å². The number of ketones is 1. The van der Waals surface area contributed by atoms with Gasteiger partial charge in [-0.25, -0.2) is 0 Å². The Morgan fingerprint density at radius 1 is 0.783 bits per heavy atom. The van der Waals surface area contributed by atoms with Crippen LogP contribution in [0, 0.1) is 58.2 Å². The highest BCUT2D eigenvalue weighted by atomic mass is 16.4. The molecule has 4 aliphatic carbocycles. The molecule has 46 heavy (non-hydrogen) atoms. The van der Waals surface area contributed by atoms with Crippen LogP contribution in [0.25, 0.3) is 0 Å². The van der Waals surface area contributed by atoms with E-state index in [2.05, 4.69) is 40.7 Å². The van der Waals surface area contributed by atoms with E-state index < -0.39 is 11.9 Å². The number of allylic oxidation sites excluding steroid dienone is 2. The number of fused-ring (bicyclic) bond motifs is 5. The molecule has 0 saturated heterocycles. The summed E-state index contributed by atoms with van der Waals surface area (Å²) in [6.45, 7) is 12.2. The van der Waals surface area contributed by atoms with Gasteiger partial charge in [0.15, 0.2) is 0 Å². The molecule has 262 valence electrons. The highest BCUT2D eigenvalue weighted by molar-refractivity contribution is 5.89. The summed E-state index contributed by atoms with van der Waals surface area (Å²) < 4.78 is 0. The van der Waals surface area contributed by atoms with Gasteiger partial charge in [-0.3, -0.25) is 14.4 Å². The van der Waals surface area contributed by atoms with Crippen molar-refractivity contribution in [3.63, 3.8) is 0 Å². The third-order valence-electron chi connectivity index (χ3n) is 14.0. The number of unbranched alkanes of at least 4 members (excludes halogenated alkanes) is 5. The Morgan fingerprint density at radius 3 is 2.04 bits per heavy atom. The summed E-state index contributed by atoms with van der Waals surface area (Å²) in [6.07, 6.45) is 23.9. The lowest BCUT2D eigenvalue weighted by molar-refractivity contribution is -0.139. The van der Waals surface area contributed by atoms with Gasteiger partial charge in [0.2, 0.25) is 0 Å². The molecule has 2 N–H and O–H groups in total. The standard InChI is InChI=1S/C41H68O5/c1-28(2)14-13-15-29(3)34-22-23-35-33-21-20-32-26-31(27-37(42)41(32,5)36(33)24-25-40(34,35)4)30(17-10-8-12-19-39(45)46)16-9-6-7-11-18-38(43)44/h20,28-31,33-36H,6-19,21-27H2,1-5H3,(H,43,44)(H,45,46)/t29-,30?,31-,33+,34-,35+,36+,40-,41+/m1/s1. The molecular formula is C41H68O5. The van der Waals surface area contributed by atoms with Crippen molar-refractivity contribution in [2.75, 3.05) is 0 Å². The van der Waals surface area contributed by atoms with Crippen LogP contribution < -0.4 is 0 Å². The van der Waals surface area contributed by atoms with E-state index in [1.165, 1.54) is 50.5 Å². The minimum absolute atomic E-state index is 0.238. The fraction of sp³-hybridized carbons (Fsp3) is 0.878. The van der Waals surface area contributed by atoms with Crippen molar-refractivity contribution in [1.29, 1.82) is 0 Å². The molecule has 1 unspecified atom stereocenters. The third-order valence-corrected chi connectivity index (χ3v) is 14.0. The zero-order chi connectivity index (χ0) is 33.5. The van der Waals surface area contributed by atoms with Crippen molar-refractivity contribution in [3.05, 3.63) is 11.6 Å². The molecule has 0 radical (unpaired) electrons. The second kappa shape index (κ2) is 16.6. The second-order valence-electron chi connectivity index (χ2n) is 17.3. The van der Waals surface area contributed by atoms with E-state index >= 15 is 0 Å². The molecule has 4 rings (SSSR count). The number of Topliss-reactive ketones (excluding diaryl/α,β-unsaturated/α-hetero) is 1. The van der Waals surface area contributed by atoms with Gasteiger partial charge in [0.05, 0.1) is 5.41 Å². The largest absolute Gasteiger partial charge is 0.481 e. The van der Waals surface area contributed by atoms with Gasteiger partial charge < -0.3 is 10.2 Å². The average molecular weight is 641 g/mol. The number of carboxylic acids is 2. The first-order chi connectivity index (χ1) is 21.9. The second-order valence-corrected chi connectivity index (χ2v) is 17.3. The predicted molar refractivity (Wildman–Crippen MR) is 186 cm³/mol. The van der Waals surface area contributed by atoms with Crippen LogP contribution >= 0.6 is 0 Å². The van der Waals surface area contributed by atoms with Gasteiger partial charge in [0, 0.05) is 19.3 Å². The van der Waals surface area contributed by atoms with Crippen LogP contribution in [0.15, 0.2) is 11.6 Å². The van der Waals surface area contributed by atoms with Crippen molar-refractivity contribution in [2.24, 2.45) is 58.2 Å². The van der Waals surface area contributed by atoms with Crippen molar-refractivity contribution < 1.29 is 24.6 Å². The summed E-state index contributed by atoms with van der Waals surface area (Å²) >= 11 is 0. The summed E-state index contributed by atoms with van der Waals surface area (Å²) in [5.41, 5.74) is 1.59. The maximum Gasteiger partial charge on any atom is 0.303 e. The summed E-state index contributed by atoms with van der Waals surface area (Å²) in [7, 11) is 0. The smallest absolute Gasteiger partial charge is 0.303 e. The van der Waals surface area contributed by atoms with Gasteiger partial charge in [0.1, 0.15) is 5.78 Å². The maximum atomic E-state index is 14.4. The highest BCUT2D eigenvalue weighted by Gasteiger charge is 2.61. The van der Waals surface area contributed by atoms with Gasteiger partial charge in [-0.2, -0.15) is 0 Å². The minimum Gasteiger partial charge on any atom is -0.481 e. The van der Waals surface area contributed by atoms with Gasteiger partial charge in [-0.1, -0.05) is 104 Å². The quantitative estimate of drug-likeness (QED) is 0.108. The van der Waals surface area contributed by atoms with Crippen LogP contribution in [-0.4, -0.2) is 27.9 Å². The fourth-order valence-electron chi connectivity index (χ4n) is 11.4.